The van der Waals surface area contributed by atoms with E-state index in [9.17, 15) is 13.2 Å². The van der Waals surface area contributed by atoms with Gasteiger partial charge < -0.3 is 5.32 Å². The summed E-state index contributed by atoms with van der Waals surface area (Å²) in [5, 5.41) is 2.82. The lowest BCUT2D eigenvalue weighted by Gasteiger charge is -2.44. The number of rotatable bonds is 4. The Bertz CT molecular complexity index is 376. The summed E-state index contributed by atoms with van der Waals surface area (Å²) in [5.74, 6) is 0.695. The average molecular weight is 265 g/mol. The Morgan fingerprint density at radius 1 is 1.56 bits per heavy atom. The van der Waals surface area contributed by atoms with Gasteiger partial charge in [-0.3, -0.25) is 4.79 Å². The smallest absolute Gasteiger partial charge is 0.223 e. The first-order valence-corrected chi connectivity index (χ1v) is 8.28. The molecule has 1 fully saturated rings. The molecular formula is C10H19NO3S2. The van der Waals surface area contributed by atoms with Gasteiger partial charge in [0.2, 0.25) is 5.91 Å². The van der Waals surface area contributed by atoms with Gasteiger partial charge in [0.05, 0.1) is 16.5 Å². The van der Waals surface area contributed by atoms with Crippen LogP contribution in [0, 0.1) is 5.92 Å². The van der Waals surface area contributed by atoms with E-state index in [0.717, 1.165) is 5.75 Å². The molecule has 4 nitrogen and oxygen atoms in total. The van der Waals surface area contributed by atoms with E-state index in [0.29, 0.717) is 0 Å². The Morgan fingerprint density at radius 3 is 2.50 bits per heavy atom. The van der Waals surface area contributed by atoms with E-state index in [1.165, 1.54) is 0 Å². The lowest BCUT2D eigenvalue weighted by molar-refractivity contribution is -0.124. The highest BCUT2D eigenvalue weighted by atomic mass is 32.2. The van der Waals surface area contributed by atoms with Crippen molar-refractivity contribution in [2.24, 2.45) is 5.92 Å². The molecule has 1 saturated heterocycles. The fraction of sp³-hybridized carbons (Fsp3) is 0.900. The molecule has 0 aliphatic carbocycles. The Hall–Kier alpha value is -0.230. The zero-order chi connectivity index (χ0) is 12.6. The molecule has 1 amide bonds. The van der Waals surface area contributed by atoms with Gasteiger partial charge in [-0.05, 0) is 20.1 Å². The third kappa shape index (κ3) is 2.37. The van der Waals surface area contributed by atoms with Crippen LogP contribution in [0.3, 0.4) is 0 Å². The monoisotopic (exact) mass is 265 g/mol. The van der Waals surface area contributed by atoms with Crippen molar-refractivity contribution in [1.29, 1.82) is 0 Å². The fourth-order valence-electron chi connectivity index (χ4n) is 1.61. The molecule has 1 aliphatic heterocycles. The van der Waals surface area contributed by atoms with Gasteiger partial charge in [0.25, 0.3) is 0 Å². The minimum absolute atomic E-state index is 0.0534. The van der Waals surface area contributed by atoms with Crippen molar-refractivity contribution < 1.29 is 13.2 Å². The van der Waals surface area contributed by atoms with Crippen molar-refractivity contribution in [2.45, 2.75) is 31.6 Å². The van der Waals surface area contributed by atoms with Gasteiger partial charge in [-0.2, -0.15) is 11.8 Å². The number of thioether (sulfide) groups is 1. The molecule has 0 bridgehead atoms. The largest absolute Gasteiger partial charge is 0.351 e. The fourth-order valence-corrected chi connectivity index (χ4v) is 3.91. The zero-order valence-electron chi connectivity index (χ0n) is 10.1. The van der Waals surface area contributed by atoms with Crippen LogP contribution >= 0.6 is 11.8 Å². The molecule has 2 atom stereocenters. The summed E-state index contributed by atoms with van der Waals surface area (Å²) in [4.78, 5) is 11.7. The molecule has 1 heterocycles. The highest BCUT2D eigenvalue weighted by molar-refractivity contribution is 7.98. The number of hydrogen-bond acceptors (Lipinski definition) is 4. The Balaban J connectivity index is 2.56. The summed E-state index contributed by atoms with van der Waals surface area (Å²) in [7, 11) is -3.01. The molecular weight excluding hydrogens is 246 g/mol. The molecule has 1 aliphatic rings. The van der Waals surface area contributed by atoms with Gasteiger partial charge in [-0.15, -0.1) is 0 Å². The van der Waals surface area contributed by atoms with Gasteiger partial charge in [0, 0.05) is 11.7 Å². The molecule has 1 unspecified atom stereocenters. The van der Waals surface area contributed by atoms with E-state index in [1.54, 1.807) is 25.6 Å². The summed E-state index contributed by atoms with van der Waals surface area (Å²) < 4.78 is 22.1. The van der Waals surface area contributed by atoms with Crippen molar-refractivity contribution in [2.75, 3.05) is 17.8 Å². The first-order valence-electron chi connectivity index (χ1n) is 5.24. The minimum Gasteiger partial charge on any atom is -0.351 e. The second-order valence-electron chi connectivity index (χ2n) is 4.80. The molecule has 94 valence electrons. The Morgan fingerprint density at radius 2 is 2.12 bits per heavy atom. The minimum atomic E-state index is -3.01. The molecule has 0 aromatic heterocycles. The molecule has 16 heavy (non-hydrogen) atoms. The SMILES string of the molecule is CSCC(C)C(=O)N[C@H]1CS(=O)(=O)C1(C)C. The topological polar surface area (TPSA) is 63.2 Å². The second kappa shape index (κ2) is 4.56. The maximum Gasteiger partial charge on any atom is 0.223 e. The molecule has 0 spiro atoms. The van der Waals surface area contributed by atoms with Gasteiger partial charge in [0.1, 0.15) is 0 Å². The summed E-state index contributed by atoms with van der Waals surface area (Å²) in [6.45, 7) is 5.18. The number of carbonyl (C=O) groups excluding carboxylic acids is 1. The van der Waals surface area contributed by atoms with Crippen molar-refractivity contribution >= 4 is 27.5 Å². The first kappa shape index (κ1) is 13.8. The van der Waals surface area contributed by atoms with Crippen molar-refractivity contribution in [3.05, 3.63) is 0 Å². The van der Waals surface area contributed by atoms with E-state index in [2.05, 4.69) is 5.32 Å². The molecule has 0 saturated carbocycles. The van der Waals surface area contributed by atoms with Gasteiger partial charge in [0.15, 0.2) is 9.84 Å². The van der Waals surface area contributed by atoms with E-state index in [-0.39, 0.29) is 23.6 Å². The van der Waals surface area contributed by atoms with Gasteiger partial charge in [-0.25, -0.2) is 8.42 Å². The van der Waals surface area contributed by atoms with Crippen LogP contribution in [0.15, 0.2) is 0 Å². The van der Waals surface area contributed by atoms with Crippen LogP contribution in [0.25, 0.3) is 0 Å². The van der Waals surface area contributed by atoms with E-state index >= 15 is 0 Å². The average Bonchev–Trinajstić information content (AvgIpc) is 2.16. The quantitative estimate of drug-likeness (QED) is 0.812. The molecule has 1 rings (SSSR count). The third-order valence-corrected chi connectivity index (χ3v) is 6.70. The number of sulfone groups is 1. The zero-order valence-corrected chi connectivity index (χ0v) is 11.7. The molecule has 0 aromatic rings. The van der Waals surface area contributed by atoms with Crippen molar-refractivity contribution in [3.8, 4) is 0 Å². The van der Waals surface area contributed by atoms with Gasteiger partial charge >= 0.3 is 0 Å². The number of hydrogen-bond donors (Lipinski definition) is 1. The summed E-state index contributed by atoms with van der Waals surface area (Å²) in [6.07, 6.45) is 1.95. The van der Waals surface area contributed by atoms with Crippen LogP contribution in [-0.2, 0) is 14.6 Å². The van der Waals surface area contributed by atoms with Crippen LogP contribution in [0.1, 0.15) is 20.8 Å². The molecule has 1 N–H and O–H groups in total. The van der Waals surface area contributed by atoms with Crippen LogP contribution in [0.5, 0.6) is 0 Å². The molecule has 0 radical (unpaired) electrons. The van der Waals surface area contributed by atoms with Crippen molar-refractivity contribution in [1.82, 2.24) is 5.32 Å². The normalized spacial score (nSPS) is 27.9. The molecule has 0 aromatic carbocycles. The number of carbonyl (C=O) groups is 1. The maximum atomic E-state index is 11.7. The number of nitrogens with one attached hydrogen (secondary N) is 1. The van der Waals surface area contributed by atoms with Crippen LogP contribution in [0.2, 0.25) is 0 Å². The van der Waals surface area contributed by atoms with Gasteiger partial charge in [-0.1, -0.05) is 6.92 Å². The predicted molar refractivity (Wildman–Crippen MR) is 67.3 cm³/mol. The third-order valence-electron chi connectivity index (χ3n) is 3.21. The summed E-state index contributed by atoms with van der Waals surface area (Å²) >= 11 is 1.61. The first-order chi connectivity index (χ1) is 7.22. The molecule has 6 heteroatoms. The maximum absolute atomic E-state index is 11.7. The second-order valence-corrected chi connectivity index (χ2v) is 8.33. The predicted octanol–water partition coefficient (Wildman–Crippen LogP) is 0.677. The number of amides is 1. The lowest BCUT2D eigenvalue weighted by Crippen LogP contribution is -2.67. The lowest BCUT2D eigenvalue weighted by atomic mass is 10.0. The van der Waals surface area contributed by atoms with E-state index in [1.807, 2.05) is 13.2 Å². The summed E-state index contributed by atoms with van der Waals surface area (Å²) in [6, 6.07) is -0.241. The Kier molecular flexibility index (Phi) is 3.95. The highest BCUT2D eigenvalue weighted by Crippen LogP contribution is 2.33. The van der Waals surface area contributed by atoms with Crippen LogP contribution in [0.4, 0.5) is 0 Å². The Labute approximate surface area is 101 Å². The van der Waals surface area contributed by atoms with Crippen LogP contribution < -0.4 is 5.32 Å². The van der Waals surface area contributed by atoms with Crippen LogP contribution in [-0.4, -0.2) is 42.9 Å². The van der Waals surface area contributed by atoms with E-state index < -0.39 is 14.6 Å². The van der Waals surface area contributed by atoms with E-state index in [4.69, 9.17) is 0 Å². The highest BCUT2D eigenvalue weighted by Gasteiger charge is 2.54. The van der Waals surface area contributed by atoms with Crippen molar-refractivity contribution in [3.63, 3.8) is 0 Å². The summed E-state index contributed by atoms with van der Waals surface area (Å²) in [5.41, 5.74) is 0. The standard InChI is InChI=1S/C10H19NO3S2/c1-7(5-15-4)9(12)11-8-6-16(13,14)10(8,2)3/h7-8H,5-6H2,1-4H3,(H,11,12)/t7?,8-/m0/s1.